The molecule has 0 heterocycles. The van der Waals surface area contributed by atoms with E-state index in [1.54, 1.807) is 0 Å². The Morgan fingerprint density at radius 2 is 1.75 bits per heavy atom. The summed E-state index contributed by atoms with van der Waals surface area (Å²) in [6, 6.07) is 0. The van der Waals surface area contributed by atoms with Crippen molar-refractivity contribution in [2.75, 3.05) is 5.33 Å². The van der Waals surface area contributed by atoms with Crippen LogP contribution in [0.5, 0.6) is 0 Å². The zero-order valence-electron chi connectivity index (χ0n) is 7.63. The van der Waals surface area contributed by atoms with E-state index in [9.17, 15) is 0 Å². The fourth-order valence-electron chi connectivity index (χ4n) is 0.655. The van der Waals surface area contributed by atoms with Gasteiger partial charge in [-0.25, -0.2) is 0 Å². The molecule has 0 aromatic heterocycles. The van der Waals surface area contributed by atoms with E-state index in [1.165, 1.54) is 5.57 Å². The van der Waals surface area contributed by atoms with Crippen molar-refractivity contribution < 1.29 is 0 Å². The Hall–Kier alpha value is -0.560. The zero-order valence-corrected chi connectivity index (χ0v) is 9.21. The molecule has 0 aliphatic rings. The fourth-order valence-corrected chi connectivity index (χ4v) is 1.03. The molecule has 0 amide bonds. The Labute approximate surface area is 83.5 Å². The summed E-state index contributed by atoms with van der Waals surface area (Å²) in [4.78, 5) is 0. The maximum Gasteiger partial charge on any atom is 0.0283 e. The Bertz CT molecular complexity index is 207. The van der Waals surface area contributed by atoms with Gasteiger partial charge in [-0.1, -0.05) is 58.5 Å². The normalized spacial score (nSPS) is 14.1. The molecule has 0 fully saturated rings. The Morgan fingerprint density at radius 3 is 2.25 bits per heavy atom. The van der Waals surface area contributed by atoms with Crippen LogP contribution in [0.1, 0.15) is 13.8 Å². The zero-order chi connectivity index (χ0) is 9.23. The molecule has 1 heteroatoms. The summed E-state index contributed by atoms with van der Waals surface area (Å²) in [5.41, 5.74) is 1.27. The van der Waals surface area contributed by atoms with Gasteiger partial charge in [0, 0.05) is 5.33 Å². The predicted molar refractivity (Wildman–Crippen MR) is 60.6 cm³/mol. The van der Waals surface area contributed by atoms with Crippen molar-refractivity contribution in [3.05, 3.63) is 48.1 Å². The molecule has 0 aliphatic heterocycles. The molecule has 12 heavy (non-hydrogen) atoms. The largest absolute Gasteiger partial charge is 0.0877 e. The number of alkyl halides is 1. The highest BCUT2D eigenvalue weighted by molar-refractivity contribution is 9.09. The third kappa shape index (κ3) is 6.17. The second-order valence-corrected chi connectivity index (χ2v) is 2.85. The summed E-state index contributed by atoms with van der Waals surface area (Å²) >= 11 is 3.42. The van der Waals surface area contributed by atoms with E-state index >= 15 is 0 Å². The number of allylic oxidation sites excluding steroid dienone is 8. The van der Waals surface area contributed by atoms with Gasteiger partial charge in [0.2, 0.25) is 0 Å². The maximum atomic E-state index is 3.42. The van der Waals surface area contributed by atoms with Crippen LogP contribution in [0.25, 0.3) is 0 Å². The fraction of sp³-hybridized carbons (Fsp3) is 0.273. The van der Waals surface area contributed by atoms with E-state index < -0.39 is 0 Å². The Balaban J connectivity index is 4.16. The van der Waals surface area contributed by atoms with Crippen molar-refractivity contribution in [3.8, 4) is 0 Å². The van der Waals surface area contributed by atoms with Gasteiger partial charge in [0.25, 0.3) is 0 Å². The molecule has 0 aliphatic carbocycles. The smallest absolute Gasteiger partial charge is 0.0283 e. The monoisotopic (exact) mass is 226 g/mol. The van der Waals surface area contributed by atoms with Gasteiger partial charge in [0.1, 0.15) is 0 Å². The SMILES string of the molecule is C\C=C/C=C(\C=C/C=C/C)CBr. The van der Waals surface area contributed by atoms with Gasteiger partial charge in [-0.3, -0.25) is 0 Å². The second-order valence-electron chi connectivity index (χ2n) is 2.29. The first kappa shape index (κ1) is 11.4. The molecule has 66 valence electrons. The molecular formula is C11H15Br. The summed E-state index contributed by atoms with van der Waals surface area (Å²) in [6.45, 7) is 4.02. The van der Waals surface area contributed by atoms with Crippen LogP contribution in [-0.2, 0) is 0 Å². The van der Waals surface area contributed by atoms with Crippen molar-refractivity contribution in [1.29, 1.82) is 0 Å². The van der Waals surface area contributed by atoms with Gasteiger partial charge in [-0.2, -0.15) is 0 Å². The molecule has 0 nitrogen and oxygen atoms in total. The summed E-state index contributed by atoms with van der Waals surface area (Å²) in [6.07, 6.45) is 14.3. The van der Waals surface area contributed by atoms with Crippen molar-refractivity contribution in [2.45, 2.75) is 13.8 Å². The van der Waals surface area contributed by atoms with Gasteiger partial charge in [0.15, 0.2) is 0 Å². The molecule has 0 unspecified atom stereocenters. The summed E-state index contributed by atoms with van der Waals surface area (Å²) in [5, 5.41) is 0.894. The topological polar surface area (TPSA) is 0 Å². The van der Waals surface area contributed by atoms with E-state index in [2.05, 4.69) is 28.1 Å². The second kappa shape index (κ2) is 8.54. The molecule has 0 saturated carbocycles. The van der Waals surface area contributed by atoms with Crippen LogP contribution in [0.3, 0.4) is 0 Å². The average Bonchev–Trinajstić information content (AvgIpc) is 2.11. The van der Waals surface area contributed by atoms with Gasteiger partial charge in [-0.05, 0) is 19.4 Å². The minimum Gasteiger partial charge on any atom is -0.0877 e. The van der Waals surface area contributed by atoms with Crippen LogP contribution in [-0.4, -0.2) is 5.33 Å². The summed E-state index contributed by atoms with van der Waals surface area (Å²) < 4.78 is 0. The van der Waals surface area contributed by atoms with Crippen LogP contribution in [0.15, 0.2) is 48.1 Å². The van der Waals surface area contributed by atoms with E-state index in [1.807, 2.05) is 44.2 Å². The third-order valence-electron chi connectivity index (χ3n) is 1.27. The average molecular weight is 227 g/mol. The predicted octanol–water partition coefficient (Wildman–Crippen LogP) is 4.02. The van der Waals surface area contributed by atoms with Crippen LogP contribution in [0, 0.1) is 0 Å². The van der Waals surface area contributed by atoms with Crippen LogP contribution in [0.4, 0.5) is 0 Å². The van der Waals surface area contributed by atoms with E-state index in [0.717, 1.165) is 5.33 Å². The molecule has 0 radical (unpaired) electrons. The molecule has 0 bridgehead atoms. The first-order valence-corrected chi connectivity index (χ1v) is 5.14. The molecular weight excluding hydrogens is 212 g/mol. The van der Waals surface area contributed by atoms with Crippen molar-refractivity contribution >= 4 is 15.9 Å². The van der Waals surface area contributed by atoms with Crippen LogP contribution < -0.4 is 0 Å². The lowest BCUT2D eigenvalue weighted by atomic mass is 10.2. The lowest BCUT2D eigenvalue weighted by Crippen LogP contribution is -1.75. The molecule has 0 saturated heterocycles. The number of hydrogen-bond donors (Lipinski definition) is 0. The first-order chi connectivity index (χ1) is 5.85. The van der Waals surface area contributed by atoms with Crippen LogP contribution in [0.2, 0.25) is 0 Å². The minimum atomic E-state index is 0.894. The van der Waals surface area contributed by atoms with Crippen molar-refractivity contribution in [3.63, 3.8) is 0 Å². The van der Waals surface area contributed by atoms with Gasteiger partial charge >= 0.3 is 0 Å². The highest BCUT2D eigenvalue weighted by Gasteiger charge is 1.83. The quantitative estimate of drug-likeness (QED) is 0.502. The van der Waals surface area contributed by atoms with E-state index in [-0.39, 0.29) is 0 Å². The first-order valence-electron chi connectivity index (χ1n) is 4.02. The summed E-state index contributed by atoms with van der Waals surface area (Å²) in [5.74, 6) is 0. The number of hydrogen-bond acceptors (Lipinski definition) is 0. The number of rotatable bonds is 4. The molecule has 0 aromatic carbocycles. The highest BCUT2D eigenvalue weighted by Crippen LogP contribution is 2.02. The highest BCUT2D eigenvalue weighted by atomic mass is 79.9. The van der Waals surface area contributed by atoms with Gasteiger partial charge in [-0.15, -0.1) is 0 Å². The maximum absolute atomic E-state index is 3.42. The third-order valence-corrected chi connectivity index (χ3v) is 1.92. The number of halogens is 1. The summed E-state index contributed by atoms with van der Waals surface area (Å²) in [7, 11) is 0. The molecule has 0 rings (SSSR count). The van der Waals surface area contributed by atoms with Crippen LogP contribution >= 0.6 is 15.9 Å². The van der Waals surface area contributed by atoms with Crippen molar-refractivity contribution in [2.24, 2.45) is 0 Å². The van der Waals surface area contributed by atoms with Gasteiger partial charge in [0.05, 0.1) is 0 Å². The standard InChI is InChI=1S/C11H15Br/c1-3-5-7-9-11(10-12)8-6-4-2/h3-9H,10H2,1-2H3/b5-3+,6-4-,9-7-,11-8+. The van der Waals surface area contributed by atoms with Crippen molar-refractivity contribution in [1.82, 2.24) is 0 Å². The van der Waals surface area contributed by atoms with Gasteiger partial charge < -0.3 is 0 Å². The lowest BCUT2D eigenvalue weighted by molar-refractivity contribution is 1.55. The van der Waals surface area contributed by atoms with E-state index in [4.69, 9.17) is 0 Å². The lowest BCUT2D eigenvalue weighted by Gasteiger charge is -1.90. The minimum absolute atomic E-state index is 0.894. The Morgan fingerprint density at radius 1 is 1.08 bits per heavy atom. The van der Waals surface area contributed by atoms with E-state index in [0.29, 0.717) is 0 Å². The molecule has 0 spiro atoms. The molecule has 0 aromatic rings. The molecule has 0 N–H and O–H groups in total. The molecule has 0 atom stereocenters. The Kier molecular flexibility index (Phi) is 8.14.